The summed E-state index contributed by atoms with van der Waals surface area (Å²) in [6, 6.07) is 3.20. The molecule has 11 heteroatoms. The summed E-state index contributed by atoms with van der Waals surface area (Å²) in [7, 11) is 1.42. The second kappa shape index (κ2) is 9.27. The molecule has 0 saturated heterocycles. The van der Waals surface area contributed by atoms with E-state index in [1.54, 1.807) is 18.2 Å². The summed E-state index contributed by atoms with van der Waals surface area (Å²) < 4.78 is 80.3. The number of rotatable bonds is 6. The lowest BCUT2D eigenvalue weighted by molar-refractivity contribution is -0.114. The minimum Gasteiger partial charge on any atom is -0.493 e. The molecule has 32 heavy (non-hydrogen) atoms. The first kappa shape index (κ1) is 23.7. The Balaban J connectivity index is 2.05. The van der Waals surface area contributed by atoms with E-state index in [1.165, 1.54) is 20.1 Å². The van der Waals surface area contributed by atoms with Crippen molar-refractivity contribution in [3.63, 3.8) is 0 Å². The lowest BCUT2D eigenvalue weighted by Gasteiger charge is -2.15. The first-order chi connectivity index (χ1) is 15.1. The molecule has 3 rings (SSSR count). The third-order valence-electron chi connectivity index (χ3n) is 4.37. The summed E-state index contributed by atoms with van der Waals surface area (Å²) in [4.78, 5) is 12.8. The zero-order valence-corrected chi connectivity index (χ0v) is 18.8. The van der Waals surface area contributed by atoms with Gasteiger partial charge in [0.25, 0.3) is 5.91 Å². The first-order valence-electron chi connectivity index (χ1n) is 8.86. The molecule has 168 valence electrons. The van der Waals surface area contributed by atoms with Gasteiger partial charge in [0.05, 0.1) is 22.0 Å². The van der Waals surface area contributed by atoms with Crippen LogP contribution >= 0.6 is 22.6 Å². The van der Waals surface area contributed by atoms with E-state index in [0.29, 0.717) is 20.6 Å². The van der Waals surface area contributed by atoms with Gasteiger partial charge in [0.2, 0.25) is 5.82 Å². The molecule has 2 aromatic carbocycles. The molecule has 0 N–H and O–H groups in total. The van der Waals surface area contributed by atoms with Gasteiger partial charge < -0.3 is 9.47 Å². The Labute approximate surface area is 192 Å². The molecular formula is C21H14F5IN2O3. The molecule has 0 saturated carbocycles. The third kappa shape index (κ3) is 4.08. The van der Waals surface area contributed by atoms with Crippen LogP contribution in [0.3, 0.4) is 0 Å². The molecule has 2 aromatic rings. The van der Waals surface area contributed by atoms with Gasteiger partial charge in [-0.05, 0) is 53.3 Å². The van der Waals surface area contributed by atoms with Crippen LogP contribution in [0, 0.1) is 32.7 Å². The monoisotopic (exact) mass is 564 g/mol. The predicted molar refractivity (Wildman–Crippen MR) is 116 cm³/mol. The topological polar surface area (TPSA) is 51.1 Å². The second-order valence-corrected chi connectivity index (χ2v) is 7.57. The Bertz CT molecular complexity index is 1170. The number of amides is 1. The molecule has 0 radical (unpaired) electrons. The SMILES string of the molecule is C=CCOc1c(I)cc(/C=C2\C(=O)N(c3c(F)c(F)c(F)c(F)c3F)N=C2C)cc1OC. The van der Waals surface area contributed by atoms with Crippen LogP contribution in [-0.4, -0.2) is 25.3 Å². The van der Waals surface area contributed by atoms with Gasteiger partial charge in [-0.25, -0.2) is 22.0 Å². The molecule has 0 atom stereocenters. The first-order valence-corrected chi connectivity index (χ1v) is 9.94. The van der Waals surface area contributed by atoms with E-state index in [-0.39, 0.29) is 22.9 Å². The van der Waals surface area contributed by atoms with Crippen molar-refractivity contribution >= 4 is 46.0 Å². The fraction of sp³-hybridized carbons (Fsp3) is 0.143. The largest absolute Gasteiger partial charge is 0.493 e. The van der Waals surface area contributed by atoms with Crippen LogP contribution in [0.25, 0.3) is 6.08 Å². The van der Waals surface area contributed by atoms with Crippen LogP contribution in [0.15, 0.2) is 35.5 Å². The summed E-state index contributed by atoms with van der Waals surface area (Å²) in [6.45, 7) is 5.16. The molecule has 0 fully saturated rings. The molecule has 0 spiro atoms. The summed E-state index contributed by atoms with van der Waals surface area (Å²) >= 11 is 1.99. The van der Waals surface area contributed by atoms with Gasteiger partial charge in [0, 0.05) is 0 Å². The number of methoxy groups -OCH3 is 1. The highest BCUT2D eigenvalue weighted by Crippen LogP contribution is 2.37. The highest BCUT2D eigenvalue weighted by molar-refractivity contribution is 14.1. The number of anilines is 1. The molecule has 0 bridgehead atoms. The number of hydrogen-bond donors (Lipinski definition) is 0. The maximum absolute atomic E-state index is 14.2. The Morgan fingerprint density at radius 2 is 1.69 bits per heavy atom. The van der Waals surface area contributed by atoms with Gasteiger partial charge in [-0.15, -0.1) is 0 Å². The number of carbonyl (C=O) groups is 1. The fourth-order valence-corrected chi connectivity index (χ4v) is 3.67. The average molecular weight is 564 g/mol. The highest BCUT2D eigenvalue weighted by Gasteiger charge is 2.37. The number of hydrazone groups is 1. The Kier molecular flexibility index (Phi) is 6.86. The van der Waals surface area contributed by atoms with E-state index in [2.05, 4.69) is 11.7 Å². The van der Waals surface area contributed by atoms with Crippen LogP contribution in [0.5, 0.6) is 11.5 Å². The molecule has 1 amide bonds. The van der Waals surface area contributed by atoms with Crippen LogP contribution < -0.4 is 14.5 Å². The standard InChI is InChI=1S/C21H14F5IN2O3/c1-4-5-32-20-12(27)7-10(8-13(20)31-3)6-11-9(2)28-29(21(11)30)19-17(25)15(23)14(22)16(24)18(19)26/h4,6-8H,1,5H2,2-3H3/b11-6-. The molecule has 0 unspecified atom stereocenters. The minimum atomic E-state index is -2.33. The normalized spacial score (nSPS) is 14.8. The van der Waals surface area contributed by atoms with E-state index in [0.717, 1.165) is 0 Å². The van der Waals surface area contributed by atoms with E-state index >= 15 is 0 Å². The molecule has 1 heterocycles. The van der Waals surface area contributed by atoms with Gasteiger partial charge in [0.15, 0.2) is 34.8 Å². The smallest absolute Gasteiger partial charge is 0.280 e. The van der Waals surface area contributed by atoms with Crippen LogP contribution in [0.2, 0.25) is 0 Å². The van der Waals surface area contributed by atoms with Crippen molar-refractivity contribution in [2.75, 3.05) is 18.7 Å². The van der Waals surface area contributed by atoms with Crippen molar-refractivity contribution in [3.8, 4) is 11.5 Å². The van der Waals surface area contributed by atoms with Crippen molar-refractivity contribution < 1.29 is 36.2 Å². The van der Waals surface area contributed by atoms with Crippen molar-refractivity contribution in [1.29, 1.82) is 0 Å². The quantitative estimate of drug-likeness (QED) is 0.119. The van der Waals surface area contributed by atoms with Crippen molar-refractivity contribution in [3.05, 3.63) is 68.6 Å². The van der Waals surface area contributed by atoms with E-state index in [1.807, 2.05) is 22.6 Å². The number of halogens is 6. The zero-order chi connectivity index (χ0) is 23.7. The molecule has 0 aliphatic carbocycles. The zero-order valence-electron chi connectivity index (χ0n) is 16.6. The molecular weight excluding hydrogens is 550 g/mol. The lowest BCUT2D eigenvalue weighted by atomic mass is 10.1. The van der Waals surface area contributed by atoms with Gasteiger partial charge >= 0.3 is 0 Å². The highest BCUT2D eigenvalue weighted by atomic mass is 127. The van der Waals surface area contributed by atoms with Crippen molar-refractivity contribution in [2.45, 2.75) is 6.92 Å². The minimum absolute atomic E-state index is 0.0138. The fourth-order valence-electron chi connectivity index (χ4n) is 2.89. The Morgan fingerprint density at radius 3 is 2.25 bits per heavy atom. The number of benzene rings is 2. The number of hydrogen-bond acceptors (Lipinski definition) is 4. The van der Waals surface area contributed by atoms with Gasteiger partial charge in [-0.3, -0.25) is 4.79 Å². The second-order valence-electron chi connectivity index (χ2n) is 6.41. The summed E-state index contributed by atoms with van der Waals surface area (Å²) in [5.41, 5.74) is -1.09. The molecule has 0 aromatic heterocycles. The predicted octanol–water partition coefficient (Wildman–Crippen LogP) is 5.37. The maximum atomic E-state index is 14.2. The average Bonchev–Trinajstić information content (AvgIpc) is 3.03. The molecule has 1 aliphatic heterocycles. The lowest BCUT2D eigenvalue weighted by Crippen LogP contribution is -2.25. The number of ether oxygens (including phenoxy) is 2. The van der Waals surface area contributed by atoms with Crippen molar-refractivity contribution in [2.24, 2.45) is 5.10 Å². The van der Waals surface area contributed by atoms with Crippen LogP contribution in [0.1, 0.15) is 12.5 Å². The Morgan fingerprint density at radius 1 is 1.09 bits per heavy atom. The van der Waals surface area contributed by atoms with Crippen molar-refractivity contribution in [1.82, 2.24) is 0 Å². The van der Waals surface area contributed by atoms with Gasteiger partial charge in [-0.2, -0.15) is 10.1 Å². The van der Waals surface area contributed by atoms with Gasteiger partial charge in [0.1, 0.15) is 12.3 Å². The summed E-state index contributed by atoms with van der Waals surface area (Å²) in [5, 5.41) is 3.86. The third-order valence-corrected chi connectivity index (χ3v) is 5.17. The van der Waals surface area contributed by atoms with E-state index in [4.69, 9.17) is 9.47 Å². The molecule has 5 nitrogen and oxygen atoms in total. The van der Waals surface area contributed by atoms with Crippen LogP contribution in [0.4, 0.5) is 27.6 Å². The molecule has 1 aliphatic rings. The number of carbonyl (C=O) groups excluding carboxylic acids is 1. The maximum Gasteiger partial charge on any atom is 0.280 e. The summed E-state index contributed by atoms with van der Waals surface area (Å²) in [6.07, 6.45) is 2.91. The van der Waals surface area contributed by atoms with E-state index in [9.17, 15) is 26.7 Å². The van der Waals surface area contributed by atoms with Crippen LogP contribution in [-0.2, 0) is 4.79 Å². The van der Waals surface area contributed by atoms with E-state index < -0.39 is 40.7 Å². The Hall–Kier alpha value is -2.96. The number of nitrogens with zero attached hydrogens (tertiary/aromatic N) is 2. The van der Waals surface area contributed by atoms with Gasteiger partial charge in [-0.1, -0.05) is 12.7 Å². The summed E-state index contributed by atoms with van der Waals surface area (Å²) in [5.74, 6) is -11.3.